The number of hydrogen-bond donors (Lipinski definition) is 2. The number of aryl methyl sites for hydroxylation is 3. The molecule has 0 aliphatic carbocycles. The van der Waals surface area contributed by atoms with Crippen LogP contribution in [0.3, 0.4) is 0 Å². The zero-order valence-corrected chi connectivity index (χ0v) is 17.0. The first-order chi connectivity index (χ1) is 12.0. The Labute approximate surface area is 159 Å². The van der Waals surface area contributed by atoms with Gasteiger partial charge >= 0.3 is 0 Å². The largest absolute Gasteiger partial charge is 0.345 e. The maximum absolute atomic E-state index is 12.6. The van der Waals surface area contributed by atoms with Crippen molar-refractivity contribution in [2.45, 2.75) is 33.7 Å². The third-order valence-corrected chi connectivity index (χ3v) is 5.13. The Balaban J connectivity index is 2.21. The summed E-state index contributed by atoms with van der Waals surface area (Å²) in [5, 5.41) is 3.13. The van der Waals surface area contributed by atoms with Gasteiger partial charge in [0.2, 0.25) is 10.0 Å². The topological polar surface area (TPSA) is 75.3 Å². The number of carbonyl (C=O) groups excluding carboxylic acids is 1. The number of rotatable bonds is 5. The molecule has 0 bridgehead atoms. The summed E-state index contributed by atoms with van der Waals surface area (Å²) in [4.78, 5) is 12.6. The first kappa shape index (κ1) is 20.3. The van der Waals surface area contributed by atoms with E-state index in [1.54, 1.807) is 0 Å². The predicted octanol–water partition coefficient (Wildman–Crippen LogP) is 4.13. The van der Waals surface area contributed by atoms with Crippen molar-refractivity contribution in [1.29, 1.82) is 0 Å². The van der Waals surface area contributed by atoms with Gasteiger partial charge in [-0.05, 0) is 68.1 Å². The molecule has 140 valence electrons. The van der Waals surface area contributed by atoms with Gasteiger partial charge in [-0.1, -0.05) is 23.7 Å². The van der Waals surface area contributed by atoms with Crippen LogP contribution in [-0.4, -0.2) is 20.6 Å². The van der Waals surface area contributed by atoms with Crippen molar-refractivity contribution in [2.24, 2.45) is 0 Å². The molecule has 7 heteroatoms. The SMILES string of the molecule is Cc1cc(C)c([C@H](C)NC(=O)c2ccc(NS(C)(=O)=O)cc2Cl)cc1C. The molecule has 0 fully saturated rings. The van der Waals surface area contributed by atoms with Crippen LogP contribution >= 0.6 is 11.6 Å². The van der Waals surface area contributed by atoms with E-state index in [0.29, 0.717) is 11.3 Å². The fourth-order valence-electron chi connectivity index (χ4n) is 2.78. The highest BCUT2D eigenvalue weighted by Gasteiger charge is 2.17. The second-order valence-electron chi connectivity index (χ2n) is 6.56. The first-order valence-electron chi connectivity index (χ1n) is 8.14. The van der Waals surface area contributed by atoms with Gasteiger partial charge < -0.3 is 5.32 Å². The Kier molecular flexibility index (Phi) is 5.98. The molecule has 0 aliphatic heterocycles. The maximum atomic E-state index is 12.6. The highest BCUT2D eigenvalue weighted by molar-refractivity contribution is 7.92. The zero-order valence-electron chi connectivity index (χ0n) is 15.5. The molecule has 0 aromatic heterocycles. The van der Waals surface area contributed by atoms with Gasteiger partial charge in [0.15, 0.2) is 0 Å². The van der Waals surface area contributed by atoms with E-state index in [1.165, 1.54) is 29.3 Å². The lowest BCUT2D eigenvalue weighted by molar-refractivity contribution is 0.0940. The van der Waals surface area contributed by atoms with Crippen molar-refractivity contribution in [3.05, 3.63) is 63.2 Å². The van der Waals surface area contributed by atoms with Gasteiger partial charge in [-0.25, -0.2) is 8.42 Å². The lowest BCUT2D eigenvalue weighted by Crippen LogP contribution is -2.27. The fraction of sp³-hybridized carbons (Fsp3) is 0.316. The molecule has 2 N–H and O–H groups in total. The van der Waals surface area contributed by atoms with Crippen LogP contribution in [0.25, 0.3) is 0 Å². The normalized spacial score (nSPS) is 12.5. The van der Waals surface area contributed by atoms with Gasteiger partial charge in [0, 0.05) is 5.69 Å². The van der Waals surface area contributed by atoms with Crippen molar-refractivity contribution in [2.75, 3.05) is 11.0 Å². The van der Waals surface area contributed by atoms with Crippen LogP contribution in [0.1, 0.15) is 45.6 Å². The zero-order chi connectivity index (χ0) is 19.6. The van der Waals surface area contributed by atoms with Crippen LogP contribution in [0, 0.1) is 20.8 Å². The third kappa shape index (κ3) is 4.99. The molecular weight excluding hydrogens is 372 g/mol. The number of benzene rings is 2. The lowest BCUT2D eigenvalue weighted by atomic mass is 9.96. The standard InChI is InChI=1S/C19H23ClN2O3S/c1-11-8-13(3)17(9-12(11)2)14(4)21-19(23)16-7-6-15(10-18(16)20)22-26(5,24)25/h6-10,14,22H,1-5H3,(H,21,23)/t14-/m0/s1. The van der Waals surface area contributed by atoms with Crippen molar-refractivity contribution in [3.63, 3.8) is 0 Å². The summed E-state index contributed by atoms with van der Waals surface area (Å²) in [5.41, 5.74) is 5.14. The van der Waals surface area contributed by atoms with Crippen LogP contribution in [0.5, 0.6) is 0 Å². The molecule has 26 heavy (non-hydrogen) atoms. The summed E-state index contributed by atoms with van der Waals surface area (Å²) in [6.45, 7) is 8.03. The molecule has 2 rings (SSSR count). The van der Waals surface area contributed by atoms with Crippen LogP contribution < -0.4 is 10.0 Å². The molecule has 0 spiro atoms. The van der Waals surface area contributed by atoms with Gasteiger partial charge in [-0.2, -0.15) is 0 Å². The summed E-state index contributed by atoms with van der Waals surface area (Å²) in [6, 6.07) is 8.43. The summed E-state index contributed by atoms with van der Waals surface area (Å²) in [6.07, 6.45) is 1.05. The Hall–Kier alpha value is -2.05. The number of anilines is 1. The Morgan fingerprint density at radius 2 is 1.65 bits per heavy atom. The minimum atomic E-state index is -3.40. The number of sulfonamides is 1. The van der Waals surface area contributed by atoms with Gasteiger partial charge in [0.05, 0.1) is 22.9 Å². The van der Waals surface area contributed by atoms with Gasteiger partial charge in [0.1, 0.15) is 0 Å². The smallest absolute Gasteiger partial charge is 0.253 e. The molecule has 2 aromatic rings. The monoisotopic (exact) mass is 394 g/mol. The number of carbonyl (C=O) groups is 1. The molecule has 0 saturated heterocycles. The molecule has 1 amide bonds. The third-order valence-electron chi connectivity index (χ3n) is 4.21. The lowest BCUT2D eigenvalue weighted by Gasteiger charge is -2.19. The van der Waals surface area contributed by atoms with Crippen LogP contribution in [0.2, 0.25) is 5.02 Å². The molecular formula is C19H23ClN2O3S. The summed E-state index contributed by atoms with van der Waals surface area (Å²) in [5.74, 6) is -0.314. The summed E-state index contributed by atoms with van der Waals surface area (Å²) >= 11 is 6.16. The van der Waals surface area contributed by atoms with E-state index in [2.05, 4.69) is 29.1 Å². The molecule has 0 radical (unpaired) electrons. The molecule has 0 aliphatic rings. The van der Waals surface area contributed by atoms with E-state index < -0.39 is 10.0 Å². The number of hydrogen-bond acceptors (Lipinski definition) is 3. The van der Waals surface area contributed by atoms with E-state index in [9.17, 15) is 13.2 Å². The molecule has 0 unspecified atom stereocenters. The molecule has 1 atom stereocenters. The van der Waals surface area contributed by atoms with E-state index in [1.807, 2.05) is 20.8 Å². The molecule has 0 heterocycles. The van der Waals surface area contributed by atoms with E-state index in [0.717, 1.165) is 17.4 Å². The minimum Gasteiger partial charge on any atom is -0.345 e. The number of amides is 1. The predicted molar refractivity (Wildman–Crippen MR) is 106 cm³/mol. The van der Waals surface area contributed by atoms with E-state index in [4.69, 9.17) is 11.6 Å². The second kappa shape index (κ2) is 7.68. The van der Waals surface area contributed by atoms with E-state index >= 15 is 0 Å². The fourth-order valence-corrected chi connectivity index (χ4v) is 3.60. The maximum Gasteiger partial charge on any atom is 0.253 e. The molecule has 2 aromatic carbocycles. The Morgan fingerprint density at radius 3 is 2.23 bits per heavy atom. The highest BCUT2D eigenvalue weighted by Crippen LogP contribution is 2.25. The average molecular weight is 395 g/mol. The first-order valence-corrected chi connectivity index (χ1v) is 10.4. The number of nitrogens with one attached hydrogen (secondary N) is 2. The van der Waals surface area contributed by atoms with Gasteiger partial charge in [0.25, 0.3) is 5.91 Å². The highest BCUT2D eigenvalue weighted by atomic mass is 35.5. The van der Waals surface area contributed by atoms with Gasteiger partial charge in [-0.3, -0.25) is 9.52 Å². The van der Waals surface area contributed by atoms with Gasteiger partial charge in [-0.15, -0.1) is 0 Å². The van der Waals surface area contributed by atoms with Crippen molar-refractivity contribution < 1.29 is 13.2 Å². The summed E-state index contributed by atoms with van der Waals surface area (Å²) in [7, 11) is -3.40. The van der Waals surface area contributed by atoms with Crippen molar-refractivity contribution in [3.8, 4) is 0 Å². The Bertz CT molecular complexity index is 955. The molecule has 0 saturated carbocycles. The van der Waals surface area contributed by atoms with E-state index in [-0.39, 0.29) is 17.0 Å². The summed E-state index contributed by atoms with van der Waals surface area (Å²) < 4.78 is 24.9. The second-order valence-corrected chi connectivity index (χ2v) is 8.71. The minimum absolute atomic E-state index is 0.181. The van der Waals surface area contributed by atoms with Crippen molar-refractivity contribution >= 4 is 33.2 Å². The number of halogens is 1. The van der Waals surface area contributed by atoms with Crippen LogP contribution in [0.4, 0.5) is 5.69 Å². The Morgan fingerprint density at radius 1 is 1.04 bits per heavy atom. The van der Waals surface area contributed by atoms with Crippen LogP contribution in [-0.2, 0) is 10.0 Å². The van der Waals surface area contributed by atoms with Crippen molar-refractivity contribution in [1.82, 2.24) is 5.32 Å². The van der Waals surface area contributed by atoms with Crippen LogP contribution in [0.15, 0.2) is 30.3 Å². The quantitative estimate of drug-likeness (QED) is 0.800. The molecule has 5 nitrogen and oxygen atoms in total. The average Bonchev–Trinajstić information content (AvgIpc) is 2.49.